The first-order valence-corrected chi connectivity index (χ1v) is 6.08. The van der Waals surface area contributed by atoms with E-state index in [1.165, 1.54) is 5.57 Å². The van der Waals surface area contributed by atoms with Crippen LogP contribution in [0.25, 0.3) is 0 Å². The van der Waals surface area contributed by atoms with Crippen LogP contribution in [0.5, 0.6) is 0 Å². The summed E-state index contributed by atoms with van der Waals surface area (Å²) < 4.78 is 2.13. The molecular weight excluding hydrogens is 306 g/mol. The van der Waals surface area contributed by atoms with Gasteiger partial charge >= 0.3 is 0 Å². The molecule has 0 radical (unpaired) electrons. The molecule has 0 bridgehead atoms. The normalized spacial score (nSPS) is 9.93. The molecule has 0 aliphatic heterocycles. The summed E-state index contributed by atoms with van der Waals surface area (Å²) in [7, 11) is 0. The predicted octanol–water partition coefficient (Wildman–Crippen LogP) is 4.59. The molecule has 3 heteroatoms. The van der Waals surface area contributed by atoms with Crippen molar-refractivity contribution < 1.29 is 0 Å². The van der Waals surface area contributed by atoms with Gasteiger partial charge in [-0.05, 0) is 50.4 Å². The number of para-hydroxylation sites is 1. The largest absolute Gasteiger partial charge is 0.379 e. The molecule has 14 heavy (non-hydrogen) atoms. The number of anilines is 1. The van der Waals surface area contributed by atoms with Crippen LogP contribution in [0.15, 0.2) is 39.3 Å². The zero-order valence-electron chi connectivity index (χ0n) is 8.11. The Morgan fingerprint density at radius 2 is 1.93 bits per heavy atom. The summed E-state index contributed by atoms with van der Waals surface area (Å²) in [6.45, 7) is 6.88. The maximum Gasteiger partial charge on any atom is 0.0631 e. The lowest BCUT2D eigenvalue weighted by Gasteiger charge is -2.11. The van der Waals surface area contributed by atoms with Crippen molar-refractivity contribution in [2.45, 2.75) is 13.3 Å². The van der Waals surface area contributed by atoms with Gasteiger partial charge < -0.3 is 5.32 Å². The Hall–Kier alpha value is -0.280. The Morgan fingerprint density at radius 3 is 2.43 bits per heavy atom. The Bertz CT molecular complexity index is 314. The Balaban J connectivity index is 2.71. The molecule has 0 saturated carbocycles. The Morgan fingerprint density at radius 1 is 1.36 bits per heavy atom. The average molecular weight is 319 g/mol. The molecule has 0 amide bonds. The minimum Gasteiger partial charge on any atom is -0.379 e. The molecule has 1 aromatic carbocycles. The molecular formula is C11H13Br2N. The lowest BCUT2D eigenvalue weighted by Crippen LogP contribution is -2.04. The Labute approximate surface area is 102 Å². The molecule has 0 saturated heterocycles. The molecule has 1 aromatic rings. The van der Waals surface area contributed by atoms with Crippen molar-refractivity contribution in [3.05, 3.63) is 39.3 Å². The standard InChI is InChI=1S/C11H13Br2N/c1-3-8(2)7-14-11-9(12)5-4-6-10(11)13/h4-6,14H,2-3,7H2,1H3. The van der Waals surface area contributed by atoms with Gasteiger partial charge in [0.1, 0.15) is 0 Å². The van der Waals surface area contributed by atoms with Gasteiger partial charge in [0.25, 0.3) is 0 Å². The lowest BCUT2D eigenvalue weighted by molar-refractivity contribution is 1.05. The summed E-state index contributed by atoms with van der Waals surface area (Å²) in [5, 5.41) is 3.34. The summed E-state index contributed by atoms with van der Waals surface area (Å²) >= 11 is 6.99. The van der Waals surface area contributed by atoms with Gasteiger partial charge in [0.15, 0.2) is 0 Å². The molecule has 0 aliphatic rings. The average Bonchev–Trinajstić information content (AvgIpc) is 2.16. The van der Waals surface area contributed by atoms with E-state index in [1.807, 2.05) is 18.2 Å². The van der Waals surface area contributed by atoms with Gasteiger partial charge in [-0.25, -0.2) is 0 Å². The van der Waals surface area contributed by atoms with E-state index in [9.17, 15) is 0 Å². The molecule has 0 fully saturated rings. The third-order valence-electron chi connectivity index (χ3n) is 1.98. The highest BCUT2D eigenvalue weighted by molar-refractivity contribution is 9.11. The van der Waals surface area contributed by atoms with Crippen LogP contribution in [-0.4, -0.2) is 6.54 Å². The molecule has 1 N–H and O–H groups in total. The van der Waals surface area contributed by atoms with Crippen LogP contribution in [-0.2, 0) is 0 Å². The highest BCUT2D eigenvalue weighted by atomic mass is 79.9. The number of benzene rings is 1. The zero-order valence-corrected chi connectivity index (χ0v) is 11.3. The Kier molecular flexibility index (Phi) is 4.69. The highest BCUT2D eigenvalue weighted by Gasteiger charge is 2.03. The first-order valence-electron chi connectivity index (χ1n) is 4.49. The first-order chi connectivity index (χ1) is 6.65. The fourth-order valence-electron chi connectivity index (χ4n) is 1.01. The molecule has 0 spiro atoms. The van der Waals surface area contributed by atoms with E-state index in [2.05, 4.69) is 50.7 Å². The van der Waals surface area contributed by atoms with Crippen LogP contribution in [0.3, 0.4) is 0 Å². The molecule has 0 atom stereocenters. The fraction of sp³-hybridized carbons (Fsp3) is 0.273. The van der Waals surface area contributed by atoms with Crippen LogP contribution in [0.4, 0.5) is 5.69 Å². The molecule has 1 rings (SSSR count). The summed E-state index contributed by atoms with van der Waals surface area (Å²) in [5.74, 6) is 0. The van der Waals surface area contributed by atoms with Crippen molar-refractivity contribution in [2.24, 2.45) is 0 Å². The first kappa shape index (κ1) is 11.8. The van der Waals surface area contributed by atoms with E-state index in [-0.39, 0.29) is 0 Å². The summed E-state index contributed by atoms with van der Waals surface area (Å²) in [6.07, 6.45) is 1.01. The molecule has 0 unspecified atom stereocenters. The van der Waals surface area contributed by atoms with Gasteiger partial charge in [0.2, 0.25) is 0 Å². The summed E-state index contributed by atoms with van der Waals surface area (Å²) in [5.41, 5.74) is 2.29. The molecule has 76 valence electrons. The number of halogens is 2. The van der Waals surface area contributed by atoms with Crippen molar-refractivity contribution >= 4 is 37.5 Å². The smallest absolute Gasteiger partial charge is 0.0631 e. The lowest BCUT2D eigenvalue weighted by atomic mass is 10.2. The van der Waals surface area contributed by atoms with Gasteiger partial charge in [-0.1, -0.05) is 25.1 Å². The van der Waals surface area contributed by atoms with Crippen LogP contribution in [0.2, 0.25) is 0 Å². The van der Waals surface area contributed by atoms with Crippen molar-refractivity contribution in [3.8, 4) is 0 Å². The summed E-state index contributed by atoms with van der Waals surface area (Å²) in [6, 6.07) is 6.03. The molecule has 0 aliphatic carbocycles. The van der Waals surface area contributed by atoms with Gasteiger partial charge in [0, 0.05) is 15.5 Å². The van der Waals surface area contributed by atoms with Crippen molar-refractivity contribution in [1.29, 1.82) is 0 Å². The van der Waals surface area contributed by atoms with E-state index >= 15 is 0 Å². The van der Waals surface area contributed by atoms with Gasteiger partial charge in [-0.2, -0.15) is 0 Å². The van der Waals surface area contributed by atoms with Crippen LogP contribution in [0.1, 0.15) is 13.3 Å². The number of rotatable bonds is 4. The third kappa shape index (κ3) is 3.14. The predicted molar refractivity (Wildman–Crippen MR) is 69.8 cm³/mol. The van der Waals surface area contributed by atoms with E-state index in [0.717, 1.165) is 27.6 Å². The van der Waals surface area contributed by atoms with Gasteiger partial charge in [-0.15, -0.1) is 0 Å². The number of hydrogen-bond acceptors (Lipinski definition) is 1. The van der Waals surface area contributed by atoms with Gasteiger partial charge in [0.05, 0.1) is 5.69 Å². The summed E-state index contributed by atoms with van der Waals surface area (Å²) in [4.78, 5) is 0. The highest BCUT2D eigenvalue weighted by Crippen LogP contribution is 2.30. The fourth-order valence-corrected chi connectivity index (χ4v) is 2.28. The van der Waals surface area contributed by atoms with E-state index in [0.29, 0.717) is 0 Å². The quantitative estimate of drug-likeness (QED) is 0.801. The van der Waals surface area contributed by atoms with E-state index in [4.69, 9.17) is 0 Å². The van der Waals surface area contributed by atoms with Crippen LogP contribution < -0.4 is 5.32 Å². The number of nitrogens with one attached hydrogen (secondary N) is 1. The monoisotopic (exact) mass is 317 g/mol. The minimum absolute atomic E-state index is 0.817. The van der Waals surface area contributed by atoms with E-state index in [1.54, 1.807) is 0 Å². The second-order valence-corrected chi connectivity index (χ2v) is 4.76. The van der Waals surface area contributed by atoms with Gasteiger partial charge in [-0.3, -0.25) is 0 Å². The second kappa shape index (κ2) is 5.56. The number of hydrogen-bond donors (Lipinski definition) is 1. The minimum atomic E-state index is 0.817. The van der Waals surface area contributed by atoms with Crippen LogP contribution in [0, 0.1) is 0 Å². The maximum atomic E-state index is 3.95. The van der Waals surface area contributed by atoms with Crippen molar-refractivity contribution in [3.63, 3.8) is 0 Å². The SMILES string of the molecule is C=C(CC)CNc1c(Br)cccc1Br. The van der Waals surface area contributed by atoms with E-state index < -0.39 is 0 Å². The third-order valence-corrected chi connectivity index (χ3v) is 3.30. The molecule has 0 heterocycles. The molecule has 0 aromatic heterocycles. The topological polar surface area (TPSA) is 12.0 Å². The van der Waals surface area contributed by atoms with Crippen molar-refractivity contribution in [1.82, 2.24) is 0 Å². The van der Waals surface area contributed by atoms with Crippen LogP contribution >= 0.6 is 31.9 Å². The maximum absolute atomic E-state index is 3.95. The second-order valence-electron chi connectivity index (χ2n) is 3.05. The zero-order chi connectivity index (χ0) is 10.6. The molecule has 1 nitrogen and oxygen atoms in total. The van der Waals surface area contributed by atoms with Crippen molar-refractivity contribution in [2.75, 3.05) is 11.9 Å².